The van der Waals surface area contributed by atoms with Crippen LogP contribution in [0, 0.1) is 0 Å². The number of rotatable bonds is 5. The third-order valence-corrected chi connectivity index (χ3v) is 12.1. The smallest absolute Gasteiger partial charge is 0.238 e. The summed E-state index contributed by atoms with van der Waals surface area (Å²) < 4.78 is 4.68. The molecule has 3 aromatic heterocycles. The number of nitrogens with zero attached hydrogens (tertiary/aromatic N) is 5. The molecule has 0 bridgehead atoms. The summed E-state index contributed by atoms with van der Waals surface area (Å²) in [6.07, 6.45) is 0. The van der Waals surface area contributed by atoms with Crippen molar-refractivity contribution < 1.29 is 0 Å². The molecule has 0 aliphatic heterocycles. The van der Waals surface area contributed by atoms with Crippen molar-refractivity contribution in [2.75, 3.05) is 0 Å². The van der Waals surface area contributed by atoms with Gasteiger partial charge in [-0.1, -0.05) is 146 Å². The van der Waals surface area contributed by atoms with Gasteiger partial charge in [-0.05, 0) is 80.9 Å². The molecule has 3 heterocycles. The number of hydrogen-bond acceptors (Lipinski definition) is 3. The van der Waals surface area contributed by atoms with E-state index >= 15 is 0 Å². The molecule has 5 heteroatoms. The second-order valence-corrected chi connectivity index (χ2v) is 15.2. The van der Waals surface area contributed by atoms with E-state index in [1.54, 1.807) is 0 Å². The lowest BCUT2D eigenvalue weighted by molar-refractivity contribution is 0.954. The molecule has 12 aromatic rings. The van der Waals surface area contributed by atoms with Crippen molar-refractivity contribution in [3.8, 4) is 56.7 Å². The predicted molar refractivity (Wildman–Crippen MR) is 239 cm³/mol. The van der Waals surface area contributed by atoms with Gasteiger partial charge in [-0.2, -0.15) is 9.97 Å². The Kier molecular flexibility index (Phi) is 6.38. The number of benzene rings is 9. The normalized spacial score (nSPS) is 12.1. The summed E-state index contributed by atoms with van der Waals surface area (Å²) in [6, 6.07) is 67.2. The fourth-order valence-electron chi connectivity index (χ4n) is 9.52. The number of hydrogen-bond donors (Lipinski definition) is 0. The highest BCUT2D eigenvalue weighted by atomic mass is 15.2. The van der Waals surface area contributed by atoms with Crippen molar-refractivity contribution in [3.05, 3.63) is 188 Å². The lowest BCUT2D eigenvalue weighted by atomic mass is 9.98. The van der Waals surface area contributed by atoms with Crippen LogP contribution < -0.4 is 0 Å². The van der Waals surface area contributed by atoms with Gasteiger partial charge in [-0.25, -0.2) is 4.98 Å². The van der Waals surface area contributed by atoms with E-state index in [9.17, 15) is 0 Å². The van der Waals surface area contributed by atoms with Crippen LogP contribution in [0.1, 0.15) is 0 Å². The van der Waals surface area contributed by atoms with E-state index in [0.717, 1.165) is 33.4 Å². The summed E-state index contributed by atoms with van der Waals surface area (Å²) >= 11 is 0. The minimum absolute atomic E-state index is 0.590. The van der Waals surface area contributed by atoms with Gasteiger partial charge < -0.3 is 4.57 Å². The van der Waals surface area contributed by atoms with Crippen LogP contribution >= 0.6 is 0 Å². The highest BCUT2D eigenvalue weighted by Gasteiger charge is 2.28. The number of fused-ring (bicyclic) bond motifs is 2. The lowest BCUT2D eigenvalue weighted by Gasteiger charge is -2.12. The zero-order valence-electron chi connectivity index (χ0n) is 31.1. The Morgan fingerprint density at radius 2 is 0.810 bits per heavy atom. The van der Waals surface area contributed by atoms with Crippen LogP contribution in [0.3, 0.4) is 0 Å². The Morgan fingerprint density at radius 1 is 0.293 bits per heavy atom. The van der Waals surface area contributed by atoms with Gasteiger partial charge in [0.05, 0.1) is 22.1 Å². The summed E-state index contributed by atoms with van der Waals surface area (Å²) in [4.78, 5) is 15.7. The van der Waals surface area contributed by atoms with Gasteiger partial charge >= 0.3 is 0 Å². The van der Waals surface area contributed by atoms with Crippen LogP contribution in [0.25, 0.3) is 122 Å². The fraction of sp³-hybridized carbons (Fsp3) is 0. The van der Waals surface area contributed by atoms with Gasteiger partial charge in [-0.15, -0.1) is 0 Å². The molecule has 0 radical (unpaired) electrons. The van der Waals surface area contributed by atoms with E-state index in [2.05, 4.69) is 179 Å². The van der Waals surface area contributed by atoms with Crippen LogP contribution in [0.15, 0.2) is 188 Å². The number of para-hydroxylation sites is 1. The van der Waals surface area contributed by atoms with Gasteiger partial charge in [-0.3, -0.25) is 4.57 Å². The van der Waals surface area contributed by atoms with Crippen LogP contribution in [-0.2, 0) is 0 Å². The summed E-state index contributed by atoms with van der Waals surface area (Å²) in [7, 11) is 0. The average molecular weight is 738 g/mol. The average Bonchev–Trinajstić information content (AvgIpc) is 3.78. The molecular formula is C53H31N5. The molecule has 0 N–H and O–H groups in total. The molecule has 0 unspecified atom stereocenters. The lowest BCUT2D eigenvalue weighted by Crippen LogP contribution is -2.06. The minimum atomic E-state index is 0.590. The Bertz CT molecular complexity index is 3660. The predicted octanol–water partition coefficient (Wildman–Crippen LogP) is 13.4. The Morgan fingerprint density at radius 3 is 1.50 bits per heavy atom. The van der Waals surface area contributed by atoms with Crippen molar-refractivity contribution in [2.45, 2.75) is 0 Å². The van der Waals surface area contributed by atoms with Gasteiger partial charge in [0.15, 0.2) is 11.6 Å². The molecule has 268 valence electrons. The van der Waals surface area contributed by atoms with Gasteiger partial charge in [0, 0.05) is 43.7 Å². The molecule has 1 aliphatic rings. The summed E-state index contributed by atoms with van der Waals surface area (Å²) in [5.41, 5.74) is 12.3. The molecule has 5 nitrogen and oxygen atoms in total. The summed E-state index contributed by atoms with van der Waals surface area (Å²) in [6.45, 7) is 0. The molecule has 0 saturated carbocycles. The molecule has 0 fully saturated rings. The van der Waals surface area contributed by atoms with Crippen molar-refractivity contribution >= 4 is 65.2 Å². The Balaban J connectivity index is 1.08. The maximum absolute atomic E-state index is 5.32. The van der Waals surface area contributed by atoms with E-state index in [4.69, 9.17) is 15.0 Å². The summed E-state index contributed by atoms with van der Waals surface area (Å²) in [5, 5.41) is 9.94. The maximum Gasteiger partial charge on any atom is 0.238 e. The highest BCUT2D eigenvalue weighted by molar-refractivity contribution is 6.38. The van der Waals surface area contributed by atoms with Gasteiger partial charge in [0.25, 0.3) is 0 Å². The zero-order chi connectivity index (χ0) is 37.9. The SMILES string of the molecule is c1ccc(-c2nc(-c3ccc(-c4ccc5ccccc5c4)cc3)nc(-n3c4cccc5c4c4c6c(ccc7c6c6c-5cccc6n7-c5ccccc5)ccc43)n2)cc1. The fourth-order valence-corrected chi connectivity index (χ4v) is 9.52. The first-order valence-corrected chi connectivity index (χ1v) is 19.7. The van der Waals surface area contributed by atoms with Crippen LogP contribution in [0.2, 0.25) is 0 Å². The topological polar surface area (TPSA) is 48.5 Å². The van der Waals surface area contributed by atoms with E-state index < -0.39 is 0 Å². The highest BCUT2D eigenvalue weighted by Crippen LogP contribution is 2.51. The second-order valence-electron chi connectivity index (χ2n) is 15.2. The second kappa shape index (κ2) is 11.8. The van der Waals surface area contributed by atoms with E-state index in [1.165, 1.54) is 70.8 Å². The molecule has 0 amide bonds. The van der Waals surface area contributed by atoms with Gasteiger partial charge in [0.2, 0.25) is 5.95 Å². The van der Waals surface area contributed by atoms with Crippen LogP contribution in [0.4, 0.5) is 0 Å². The molecule has 0 saturated heterocycles. The summed E-state index contributed by atoms with van der Waals surface area (Å²) in [5.74, 6) is 1.85. The molecule has 1 aliphatic carbocycles. The molecule has 58 heavy (non-hydrogen) atoms. The van der Waals surface area contributed by atoms with Crippen molar-refractivity contribution in [1.82, 2.24) is 24.1 Å². The first-order valence-electron chi connectivity index (χ1n) is 19.7. The third kappa shape index (κ3) is 4.38. The first-order chi connectivity index (χ1) is 28.8. The van der Waals surface area contributed by atoms with Crippen molar-refractivity contribution in [1.29, 1.82) is 0 Å². The number of aromatic nitrogens is 5. The first kappa shape index (κ1) is 31.3. The Hall–Kier alpha value is -7.89. The molecule has 0 spiro atoms. The zero-order valence-corrected chi connectivity index (χ0v) is 31.1. The van der Waals surface area contributed by atoms with E-state index in [0.29, 0.717) is 17.6 Å². The van der Waals surface area contributed by atoms with Crippen LogP contribution in [-0.4, -0.2) is 24.1 Å². The van der Waals surface area contributed by atoms with Crippen molar-refractivity contribution in [2.24, 2.45) is 0 Å². The third-order valence-electron chi connectivity index (χ3n) is 12.1. The molecule has 13 rings (SSSR count). The van der Waals surface area contributed by atoms with E-state index in [-0.39, 0.29) is 0 Å². The molecule has 9 aromatic carbocycles. The van der Waals surface area contributed by atoms with Gasteiger partial charge in [0.1, 0.15) is 0 Å². The van der Waals surface area contributed by atoms with Crippen molar-refractivity contribution in [3.63, 3.8) is 0 Å². The molecule has 0 atom stereocenters. The monoisotopic (exact) mass is 737 g/mol. The Labute approximate surface area is 332 Å². The standard InChI is InChI=1S/C53H31N5/c1-3-12-35(13-4-1)51-54-52(36-24-21-33(22-25-36)38-26-23-32-11-7-8-14-37(32)31-38)56-53(55-51)58-43-20-10-18-41-40-17-9-19-42-47(40)49-44(57(42)39-15-5-2-6-16-39)29-27-34-28-30-45(58)50(46(34)49)48(41)43/h1-31H. The minimum Gasteiger partial charge on any atom is -0.309 e. The van der Waals surface area contributed by atoms with Crippen LogP contribution in [0.5, 0.6) is 0 Å². The largest absolute Gasteiger partial charge is 0.309 e. The van der Waals surface area contributed by atoms with E-state index in [1.807, 2.05) is 18.2 Å². The maximum atomic E-state index is 5.32. The quantitative estimate of drug-likeness (QED) is 0.177. The molecular weight excluding hydrogens is 707 g/mol.